The number of aryl methyl sites for hydroxylation is 1. The van der Waals surface area contributed by atoms with Crippen molar-refractivity contribution >= 4 is 17.7 Å². The molecular weight excluding hydrogens is 424 g/mol. The highest BCUT2D eigenvalue weighted by molar-refractivity contribution is 7.98. The summed E-state index contributed by atoms with van der Waals surface area (Å²) >= 11 is 1.69. The molecular formula is C26H32O5S. The van der Waals surface area contributed by atoms with Crippen LogP contribution in [0.4, 0.5) is 0 Å². The molecule has 1 atom stereocenters. The Balaban J connectivity index is 1.81. The Hall–Kier alpha value is -2.34. The van der Waals surface area contributed by atoms with E-state index in [0.29, 0.717) is 17.2 Å². The molecule has 1 saturated carbocycles. The summed E-state index contributed by atoms with van der Waals surface area (Å²) < 4.78 is 23.3. The molecule has 2 aliphatic carbocycles. The van der Waals surface area contributed by atoms with Gasteiger partial charge in [-0.1, -0.05) is 25.3 Å². The molecule has 0 radical (unpaired) electrons. The smallest absolute Gasteiger partial charge is 0.309 e. The third-order valence-electron chi connectivity index (χ3n) is 6.66. The van der Waals surface area contributed by atoms with Gasteiger partial charge in [0.15, 0.2) is 11.5 Å². The van der Waals surface area contributed by atoms with E-state index < -0.39 is 0 Å². The van der Waals surface area contributed by atoms with Crippen molar-refractivity contribution < 1.29 is 23.7 Å². The summed E-state index contributed by atoms with van der Waals surface area (Å²) in [5.74, 6) is 1.84. The normalized spacial score (nSPS) is 18.2. The lowest BCUT2D eigenvalue weighted by molar-refractivity contribution is -0.156. The number of rotatable bonds is 6. The molecule has 2 aromatic carbocycles. The second-order valence-corrected chi connectivity index (χ2v) is 9.31. The van der Waals surface area contributed by atoms with Gasteiger partial charge in [-0.25, -0.2) is 0 Å². The Kier molecular flexibility index (Phi) is 7.19. The van der Waals surface area contributed by atoms with E-state index in [1.54, 1.807) is 33.1 Å². The van der Waals surface area contributed by atoms with Gasteiger partial charge in [0.1, 0.15) is 6.10 Å². The van der Waals surface area contributed by atoms with Gasteiger partial charge in [0, 0.05) is 16.0 Å². The average Bonchev–Trinajstić information content (AvgIpc) is 2.99. The Morgan fingerprint density at radius 2 is 1.69 bits per heavy atom. The Labute approximate surface area is 194 Å². The number of thioether (sulfide) groups is 1. The molecule has 1 fully saturated rings. The molecule has 0 heterocycles. The first-order valence-electron chi connectivity index (χ1n) is 11.3. The molecule has 0 N–H and O–H groups in total. The zero-order valence-corrected chi connectivity index (χ0v) is 20.2. The maximum absolute atomic E-state index is 13.0. The molecule has 0 unspecified atom stereocenters. The Bertz CT molecular complexity index is 981. The van der Waals surface area contributed by atoms with Gasteiger partial charge in [0.2, 0.25) is 5.75 Å². The van der Waals surface area contributed by atoms with Crippen LogP contribution < -0.4 is 14.2 Å². The number of hydrogen-bond acceptors (Lipinski definition) is 6. The van der Waals surface area contributed by atoms with E-state index in [9.17, 15) is 4.79 Å². The molecule has 172 valence electrons. The van der Waals surface area contributed by atoms with Crippen LogP contribution in [-0.2, 0) is 16.0 Å². The third-order valence-corrected chi connectivity index (χ3v) is 7.38. The highest BCUT2D eigenvalue weighted by atomic mass is 32.2. The van der Waals surface area contributed by atoms with Crippen LogP contribution in [0.15, 0.2) is 29.2 Å². The fourth-order valence-electron chi connectivity index (χ4n) is 5.00. The molecule has 32 heavy (non-hydrogen) atoms. The van der Waals surface area contributed by atoms with Crippen LogP contribution in [0, 0.1) is 5.92 Å². The second kappa shape index (κ2) is 10.1. The first-order valence-corrected chi connectivity index (χ1v) is 12.5. The number of hydrogen-bond donors (Lipinski definition) is 0. The Morgan fingerprint density at radius 1 is 0.938 bits per heavy atom. The summed E-state index contributed by atoms with van der Waals surface area (Å²) in [5.41, 5.74) is 4.15. The van der Waals surface area contributed by atoms with Gasteiger partial charge in [-0.15, -0.1) is 11.8 Å². The van der Waals surface area contributed by atoms with E-state index in [4.69, 9.17) is 18.9 Å². The van der Waals surface area contributed by atoms with Crippen molar-refractivity contribution in [2.75, 3.05) is 27.6 Å². The van der Waals surface area contributed by atoms with Crippen molar-refractivity contribution in [1.82, 2.24) is 0 Å². The molecule has 6 heteroatoms. The molecule has 4 rings (SSSR count). The van der Waals surface area contributed by atoms with Crippen molar-refractivity contribution in [3.8, 4) is 28.4 Å². The summed E-state index contributed by atoms with van der Waals surface area (Å²) in [6.45, 7) is 0. The molecule has 0 amide bonds. The summed E-state index contributed by atoms with van der Waals surface area (Å²) in [4.78, 5) is 14.2. The van der Waals surface area contributed by atoms with Crippen molar-refractivity contribution in [1.29, 1.82) is 0 Å². The molecule has 0 aliphatic heterocycles. The minimum absolute atomic E-state index is 0.0243. The maximum atomic E-state index is 13.0. The minimum Gasteiger partial charge on any atom is -0.493 e. The molecule has 0 saturated heterocycles. The molecule has 0 bridgehead atoms. The van der Waals surface area contributed by atoms with E-state index in [1.807, 2.05) is 6.07 Å². The van der Waals surface area contributed by atoms with Crippen molar-refractivity contribution in [2.24, 2.45) is 5.92 Å². The van der Waals surface area contributed by atoms with E-state index in [2.05, 4.69) is 24.5 Å². The summed E-state index contributed by atoms with van der Waals surface area (Å²) in [6.07, 6.45) is 8.54. The number of methoxy groups -OCH3 is 3. The van der Waals surface area contributed by atoms with E-state index in [0.717, 1.165) is 65.7 Å². The zero-order chi connectivity index (χ0) is 22.7. The fraction of sp³-hybridized carbons (Fsp3) is 0.500. The van der Waals surface area contributed by atoms with Crippen LogP contribution >= 0.6 is 11.8 Å². The number of benzene rings is 2. The molecule has 5 nitrogen and oxygen atoms in total. The van der Waals surface area contributed by atoms with E-state index in [-0.39, 0.29) is 18.0 Å². The number of carbonyl (C=O) groups excluding carboxylic acids is 1. The summed E-state index contributed by atoms with van der Waals surface area (Å²) in [6, 6.07) is 8.40. The van der Waals surface area contributed by atoms with E-state index in [1.165, 1.54) is 6.42 Å². The van der Waals surface area contributed by atoms with Gasteiger partial charge in [-0.3, -0.25) is 4.79 Å². The van der Waals surface area contributed by atoms with E-state index >= 15 is 0 Å². The van der Waals surface area contributed by atoms with Gasteiger partial charge in [-0.2, -0.15) is 0 Å². The van der Waals surface area contributed by atoms with Crippen molar-refractivity contribution in [3.63, 3.8) is 0 Å². The van der Waals surface area contributed by atoms with Crippen molar-refractivity contribution in [3.05, 3.63) is 35.4 Å². The van der Waals surface area contributed by atoms with Crippen LogP contribution in [0.1, 0.15) is 55.8 Å². The number of ether oxygens (including phenoxy) is 4. The predicted octanol–water partition coefficient (Wildman–Crippen LogP) is 6.21. The highest BCUT2D eigenvalue weighted by Crippen LogP contribution is 2.51. The van der Waals surface area contributed by atoms with Crippen molar-refractivity contribution in [2.45, 2.75) is 55.9 Å². The molecule has 0 spiro atoms. The predicted molar refractivity (Wildman–Crippen MR) is 127 cm³/mol. The van der Waals surface area contributed by atoms with Crippen LogP contribution in [-0.4, -0.2) is 33.6 Å². The summed E-state index contributed by atoms with van der Waals surface area (Å²) in [5, 5.41) is 0. The highest BCUT2D eigenvalue weighted by Gasteiger charge is 2.32. The van der Waals surface area contributed by atoms with Crippen LogP contribution in [0.25, 0.3) is 11.1 Å². The lowest BCUT2D eigenvalue weighted by Crippen LogP contribution is -2.22. The van der Waals surface area contributed by atoms with Crippen LogP contribution in [0.3, 0.4) is 0 Å². The summed E-state index contributed by atoms with van der Waals surface area (Å²) in [7, 11) is 4.91. The number of esters is 1. The topological polar surface area (TPSA) is 54.0 Å². The lowest BCUT2D eigenvalue weighted by atomic mass is 9.89. The number of fused-ring (bicyclic) bond motifs is 3. The van der Waals surface area contributed by atoms with Gasteiger partial charge in [0.25, 0.3) is 0 Å². The average molecular weight is 457 g/mol. The Morgan fingerprint density at radius 3 is 2.34 bits per heavy atom. The van der Waals surface area contributed by atoms with Gasteiger partial charge >= 0.3 is 5.97 Å². The lowest BCUT2D eigenvalue weighted by Gasteiger charge is -2.25. The van der Waals surface area contributed by atoms with Crippen LogP contribution in [0.5, 0.6) is 17.2 Å². The third kappa shape index (κ3) is 4.29. The minimum atomic E-state index is -0.291. The zero-order valence-electron chi connectivity index (χ0n) is 19.4. The first-order chi connectivity index (χ1) is 15.6. The van der Waals surface area contributed by atoms with Gasteiger partial charge in [0.05, 0.1) is 27.2 Å². The monoisotopic (exact) mass is 456 g/mol. The van der Waals surface area contributed by atoms with Gasteiger partial charge in [-0.05, 0) is 61.3 Å². The number of carbonyl (C=O) groups is 1. The molecule has 0 aromatic heterocycles. The quantitative estimate of drug-likeness (QED) is 0.380. The van der Waals surface area contributed by atoms with Crippen LogP contribution in [0.2, 0.25) is 0 Å². The first kappa shape index (κ1) is 22.8. The van der Waals surface area contributed by atoms with Gasteiger partial charge < -0.3 is 18.9 Å². The molecule has 2 aromatic rings. The molecule has 2 aliphatic rings. The second-order valence-electron chi connectivity index (χ2n) is 8.43. The largest absolute Gasteiger partial charge is 0.493 e. The SMILES string of the molecule is COc1cc2c(c(OC)c1OC)-c1ccc(SC)cc1[C@H](OC(=O)C1CCCCC1)CC2. The maximum Gasteiger partial charge on any atom is 0.309 e. The fourth-order valence-corrected chi connectivity index (χ4v) is 5.45. The standard InChI is InChI=1S/C26H32O5S/c1-28-22-14-17-10-13-21(31-26(27)16-8-6-5-7-9-16)20-15-18(32-4)11-12-19(20)23(17)25(30-3)24(22)29-2/h11-12,14-16,21H,5-10,13H2,1-4H3/t21-/m1/s1.